The van der Waals surface area contributed by atoms with Crippen molar-refractivity contribution in [2.24, 2.45) is 0 Å². The molecule has 0 unspecified atom stereocenters. The van der Waals surface area contributed by atoms with E-state index in [1.807, 2.05) is 0 Å². The summed E-state index contributed by atoms with van der Waals surface area (Å²) in [6.45, 7) is 15.0. The first kappa shape index (κ1) is 25.6. The van der Waals surface area contributed by atoms with Gasteiger partial charge in [0.1, 0.15) is 23.8 Å². The minimum atomic E-state index is -0.0916. The van der Waals surface area contributed by atoms with Crippen LogP contribution in [0.1, 0.15) is 96.3 Å². The van der Waals surface area contributed by atoms with Crippen LogP contribution in [0.15, 0.2) is 41.0 Å². The van der Waals surface area contributed by atoms with Crippen molar-refractivity contribution in [2.45, 2.75) is 105 Å². The molecule has 2 heterocycles. The minimum absolute atomic E-state index is 0.0916. The summed E-state index contributed by atoms with van der Waals surface area (Å²) in [6.07, 6.45) is 16.1. The van der Waals surface area contributed by atoms with Gasteiger partial charge in [-0.1, -0.05) is 34.9 Å². The van der Waals surface area contributed by atoms with Crippen LogP contribution >= 0.6 is 0 Å². The normalized spacial score (nSPS) is 21.1. The van der Waals surface area contributed by atoms with E-state index < -0.39 is 0 Å². The molecule has 1 aromatic rings. The molecule has 3 rings (SSSR count). The molecule has 0 bridgehead atoms. The number of allylic oxidation sites excluding steroid dienone is 6. The Hall–Kier alpha value is -2.00. The molecular formula is C30H45NO2. The third-order valence-corrected chi connectivity index (χ3v) is 7.05. The summed E-state index contributed by atoms with van der Waals surface area (Å²) in [4.78, 5) is 2.22. The van der Waals surface area contributed by atoms with Gasteiger partial charge in [-0.15, -0.1) is 0 Å². The second-order valence-corrected chi connectivity index (χ2v) is 10.8. The first-order valence-corrected chi connectivity index (χ1v) is 12.8. The van der Waals surface area contributed by atoms with E-state index in [0.717, 1.165) is 63.0 Å². The molecule has 1 atom stereocenters. The predicted octanol–water partition coefficient (Wildman–Crippen LogP) is 8.06. The molecular weight excluding hydrogens is 406 g/mol. The van der Waals surface area contributed by atoms with Crippen molar-refractivity contribution in [2.75, 3.05) is 13.8 Å². The summed E-state index contributed by atoms with van der Waals surface area (Å²) in [7, 11) is 2.11. The standard InChI is InChI=1S/C30H45NO2/c1-22(2)11-8-12-23(3)13-9-14-24(4)15-10-17-30(6)18-16-26-27-20-31(7)21-32-28(27)19-25(5)29(26)33-30/h11,13,15,19H,8-10,12,14,16-18,20-21H2,1-7H3/t30-/m1/s1. The van der Waals surface area contributed by atoms with Gasteiger partial charge in [-0.3, -0.25) is 4.90 Å². The molecule has 0 amide bonds. The first-order chi connectivity index (χ1) is 15.7. The highest BCUT2D eigenvalue weighted by molar-refractivity contribution is 5.55. The number of ether oxygens (including phenoxy) is 2. The maximum absolute atomic E-state index is 6.68. The molecule has 0 N–H and O–H groups in total. The number of nitrogens with zero attached hydrogens (tertiary/aromatic N) is 1. The highest BCUT2D eigenvalue weighted by Crippen LogP contribution is 2.44. The van der Waals surface area contributed by atoms with Gasteiger partial charge in [0, 0.05) is 17.7 Å². The van der Waals surface area contributed by atoms with Gasteiger partial charge in [-0.05, 0) is 112 Å². The Kier molecular flexibility index (Phi) is 8.87. The molecule has 33 heavy (non-hydrogen) atoms. The van der Waals surface area contributed by atoms with Crippen LogP contribution in [0.4, 0.5) is 0 Å². The first-order valence-electron chi connectivity index (χ1n) is 12.8. The number of aryl methyl sites for hydroxylation is 1. The lowest BCUT2D eigenvalue weighted by Gasteiger charge is -2.39. The van der Waals surface area contributed by atoms with Gasteiger partial charge < -0.3 is 9.47 Å². The smallest absolute Gasteiger partial charge is 0.142 e. The molecule has 2 aliphatic rings. The summed E-state index contributed by atoms with van der Waals surface area (Å²) >= 11 is 0. The van der Waals surface area contributed by atoms with Gasteiger partial charge in [0.2, 0.25) is 0 Å². The zero-order valence-electron chi connectivity index (χ0n) is 22.1. The fraction of sp³-hybridized carbons (Fsp3) is 0.600. The fourth-order valence-corrected chi connectivity index (χ4v) is 4.90. The van der Waals surface area contributed by atoms with E-state index in [4.69, 9.17) is 9.47 Å². The lowest BCUT2D eigenvalue weighted by atomic mass is 9.85. The molecule has 0 aromatic heterocycles. The average Bonchev–Trinajstić information content (AvgIpc) is 2.74. The molecule has 3 nitrogen and oxygen atoms in total. The zero-order valence-corrected chi connectivity index (χ0v) is 22.1. The maximum Gasteiger partial charge on any atom is 0.142 e. The second-order valence-electron chi connectivity index (χ2n) is 10.8. The average molecular weight is 452 g/mol. The van der Waals surface area contributed by atoms with Crippen molar-refractivity contribution in [3.8, 4) is 11.5 Å². The van der Waals surface area contributed by atoms with Gasteiger partial charge in [0.15, 0.2) is 0 Å². The van der Waals surface area contributed by atoms with Crippen LogP contribution in [0.5, 0.6) is 11.5 Å². The van der Waals surface area contributed by atoms with E-state index >= 15 is 0 Å². The van der Waals surface area contributed by atoms with Gasteiger partial charge in [0.25, 0.3) is 0 Å². The van der Waals surface area contributed by atoms with E-state index in [1.54, 1.807) is 0 Å². The fourth-order valence-electron chi connectivity index (χ4n) is 4.90. The molecule has 0 aliphatic carbocycles. The van der Waals surface area contributed by atoms with Crippen molar-refractivity contribution >= 4 is 0 Å². The van der Waals surface area contributed by atoms with Crippen molar-refractivity contribution in [1.29, 1.82) is 0 Å². The largest absolute Gasteiger partial charge is 0.487 e. The van der Waals surface area contributed by atoms with Crippen LogP contribution in [0.3, 0.4) is 0 Å². The topological polar surface area (TPSA) is 21.7 Å². The molecule has 2 aliphatic heterocycles. The number of rotatable bonds is 9. The minimum Gasteiger partial charge on any atom is -0.487 e. The van der Waals surface area contributed by atoms with E-state index in [-0.39, 0.29) is 5.60 Å². The van der Waals surface area contributed by atoms with Crippen molar-refractivity contribution in [1.82, 2.24) is 4.90 Å². The molecule has 0 saturated heterocycles. The molecule has 0 spiro atoms. The van der Waals surface area contributed by atoms with E-state index in [9.17, 15) is 0 Å². The van der Waals surface area contributed by atoms with Crippen LogP contribution < -0.4 is 9.47 Å². The second kappa shape index (κ2) is 11.4. The summed E-state index contributed by atoms with van der Waals surface area (Å²) in [6, 6.07) is 2.17. The zero-order chi connectivity index (χ0) is 24.0. The summed E-state index contributed by atoms with van der Waals surface area (Å²) < 4.78 is 12.6. The van der Waals surface area contributed by atoms with Gasteiger partial charge in [0.05, 0.1) is 0 Å². The quantitative estimate of drug-likeness (QED) is 0.354. The molecule has 1 aromatic carbocycles. The Labute approximate surface area is 202 Å². The third-order valence-electron chi connectivity index (χ3n) is 7.05. The Morgan fingerprint density at radius 2 is 1.67 bits per heavy atom. The molecule has 3 heteroatoms. The maximum atomic E-state index is 6.68. The molecule has 182 valence electrons. The summed E-state index contributed by atoms with van der Waals surface area (Å²) in [5, 5.41) is 0. The highest BCUT2D eigenvalue weighted by atomic mass is 16.5. The van der Waals surface area contributed by atoms with Crippen LogP contribution in [0.25, 0.3) is 0 Å². The van der Waals surface area contributed by atoms with Crippen molar-refractivity contribution < 1.29 is 9.47 Å². The van der Waals surface area contributed by atoms with Crippen LogP contribution in [0, 0.1) is 6.92 Å². The summed E-state index contributed by atoms with van der Waals surface area (Å²) in [5.74, 6) is 2.16. The summed E-state index contributed by atoms with van der Waals surface area (Å²) in [5.41, 5.74) is 8.23. The van der Waals surface area contributed by atoms with Gasteiger partial charge >= 0.3 is 0 Å². The van der Waals surface area contributed by atoms with E-state index in [1.165, 1.54) is 39.8 Å². The van der Waals surface area contributed by atoms with Crippen molar-refractivity contribution in [3.05, 3.63) is 57.7 Å². The monoisotopic (exact) mass is 451 g/mol. The van der Waals surface area contributed by atoms with E-state index in [0.29, 0.717) is 6.73 Å². The number of hydrogen-bond acceptors (Lipinski definition) is 3. The van der Waals surface area contributed by atoms with Gasteiger partial charge in [-0.2, -0.15) is 0 Å². The van der Waals surface area contributed by atoms with Crippen LogP contribution in [-0.2, 0) is 13.0 Å². The van der Waals surface area contributed by atoms with Crippen LogP contribution in [0.2, 0.25) is 0 Å². The predicted molar refractivity (Wildman–Crippen MR) is 140 cm³/mol. The molecule has 0 saturated carbocycles. The molecule has 0 fully saturated rings. The number of fused-ring (bicyclic) bond motifs is 3. The van der Waals surface area contributed by atoms with Crippen molar-refractivity contribution in [3.63, 3.8) is 0 Å². The number of benzene rings is 1. The van der Waals surface area contributed by atoms with Gasteiger partial charge in [-0.25, -0.2) is 0 Å². The molecule has 0 radical (unpaired) electrons. The van der Waals surface area contributed by atoms with E-state index in [2.05, 4.69) is 77.8 Å². The SMILES string of the molecule is CC(C)=CCCC(C)=CCCC(C)=CCC[C@]1(C)CCc2c3c(cc(C)c2O1)OCN(C)C3. The lowest BCUT2D eigenvalue weighted by Crippen LogP contribution is -2.38. The van der Waals surface area contributed by atoms with Crippen LogP contribution in [-0.4, -0.2) is 24.3 Å². The lowest BCUT2D eigenvalue weighted by molar-refractivity contribution is 0.0538. The third kappa shape index (κ3) is 7.24. The Bertz CT molecular complexity index is 920. The number of hydrogen-bond donors (Lipinski definition) is 0. The Balaban J connectivity index is 1.52. The Morgan fingerprint density at radius 1 is 1.00 bits per heavy atom. The highest BCUT2D eigenvalue weighted by Gasteiger charge is 2.34. The Morgan fingerprint density at radius 3 is 2.36 bits per heavy atom.